The largest absolute Gasteiger partial charge is 0.391 e. The molecule has 3 atom stereocenters. The predicted octanol–water partition coefficient (Wildman–Crippen LogP) is 2.13. The highest BCUT2D eigenvalue weighted by Crippen LogP contribution is 2.06. The number of carbonyl (C=O) groups is 1. The molecule has 0 aromatic carbocycles. The van der Waals surface area contributed by atoms with Crippen molar-refractivity contribution in [2.24, 2.45) is 11.8 Å². The van der Waals surface area contributed by atoms with Crippen molar-refractivity contribution < 1.29 is 9.90 Å². The molecule has 2 amide bonds. The van der Waals surface area contributed by atoms with Gasteiger partial charge in [0, 0.05) is 12.6 Å². The standard InChI is InChI=1S/C13H28N2O2/c1-6-10(4)11(5)15-13(17)14-8-12(16)7-9(2)3/h9-12,16H,6-8H2,1-5H3,(H2,14,15,17). The Kier molecular flexibility index (Phi) is 7.96. The summed E-state index contributed by atoms with van der Waals surface area (Å²) in [5.74, 6) is 0.898. The van der Waals surface area contributed by atoms with Crippen LogP contribution in [0, 0.1) is 11.8 Å². The van der Waals surface area contributed by atoms with E-state index in [0.717, 1.165) is 6.42 Å². The lowest BCUT2D eigenvalue weighted by atomic mass is 10.0. The van der Waals surface area contributed by atoms with Crippen molar-refractivity contribution in [1.82, 2.24) is 10.6 Å². The minimum absolute atomic E-state index is 0.155. The van der Waals surface area contributed by atoms with Gasteiger partial charge in [-0.05, 0) is 25.2 Å². The number of hydrogen-bond donors (Lipinski definition) is 3. The summed E-state index contributed by atoms with van der Waals surface area (Å²) in [6.07, 6.45) is 1.29. The Labute approximate surface area is 105 Å². The van der Waals surface area contributed by atoms with Crippen molar-refractivity contribution in [3.8, 4) is 0 Å². The van der Waals surface area contributed by atoms with Gasteiger partial charge in [0.1, 0.15) is 0 Å². The van der Waals surface area contributed by atoms with E-state index in [1.807, 2.05) is 20.8 Å². The van der Waals surface area contributed by atoms with E-state index < -0.39 is 6.10 Å². The molecule has 0 fully saturated rings. The zero-order chi connectivity index (χ0) is 13.4. The first-order valence-electron chi connectivity index (χ1n) is 6.59. The Hall–Kier alpha value is -0.770. The molecular weight excluding hydrogens is 216 g/mol. The number of aliphatic hydroxyl groups is 1. The van der Waals surface area contributed by atoms with Gasteiger partial charge in [-0.25, -0.2) is 4.79 Å². The van der Waals surface area contributed by atoms with Gasteiger partial charge in [-0.15, -0.1) is 0 Å². The van der Waals surface area contributed by atoms with Gasteiger partial charge in [0.15, 0.2) is 0 Å². The summed E-state index contributed by atoms with van der Waals surface area (Å²) in [7, 11) is 0. The Balaban J connectivity index is 3.79. The summed E-state index contributed by atoms with van der Waals surface area (Å²) in [6.45, 7) is 10.6. The molecule has 0 bridgehead atoms. The zero-order valence-electron chi connectivity index (χ0n) is 11.8. The number of hydrogen-bond acceptors (Lipinski definition) is 2. The van der Waals surface area contributed by atoms with Gasteiger partial charge in [-0.3, -0.25) is 0 Å². The minimum atomic E-state index is -0.459. The molecule has 0 spiro atoms. The van der Waals surface area contributed by atoms with E-state index in [0.29, 0.717) is 24.8 Å². The van der Waals surface area contributed by atoms with Gasteiger partial charge in [0.25, 0.3) is 0 Å². The summed E-state index contributed by atoms with van der Waals surface area (Å²) in [6, 6.07) is -0.0390. The summed E-state index contributed by atoms with van der Waals surface area (Å²) in [5.41, 5.74) is 0. The molecule has 3 unspecified atom stereocenters. The van der Waals surface area contributed by atoms with Gasteiger partial charge in [0.05, 0.1) is 6.10 Å². The maximum atomic E-state index is 11.5. The topological polar surface area (TPSA) is 61.4 Å². The lowest BCUT2D eigenvalue weighted by Gasteiger charge is -2.21. The maximum Gasteiger partial charge on any atom is 0.315 e. The molecule has 0 heterocycles. The van der Waals surface area contributed by atoms with Gasteiger partial charge < -0.3 is 15.7 Å². The van der Waals surface area contributed by atoms with Crippen molar-refractivity contribution in [2.45, 2.75) is 59.6 Å². The molecule has 4 heteroatoms. The molecule has 0 rings (SSSR count). The third kappa shape index (κ3) is 8.02. The highest BCUT2D eigenvalue weighted by atomic mass is 16.3. The van der Waals surface area contributed by atoms with Crippen LogP contribution >= 0.6 is 0 Å². The maximum absolute atomic E-state index is 11.5. The molecule has 0 saturated carbocycles. The van der Waals surface area contributed by atoms with E-state index >= 15 is 0 Å². The van der Waals surface area contributed by atoms with Crippen LogP contribution in [0.3, 0.4) is 0 Å². The monoisotopic (exact) mass is 244 g/mol. The number of carbonyl (C=O) groups excluding carboxylic acids is 1. The summed E-state index contributed by atoms with van der Waals surface area (Å²) >= 11 is 0. The third-order valence-electron chi connectivity index (χ3n) is 3.10. The van der Waals surface area contributed by atoms with Crippen LogP contribution in [0.15, 0.2) is 0 Å². The van der Waals surface area contributed by atoms with Crippen LogP contribution in [0.4, 0.5) is 4.79 Å². The van der Waals surface area contributed by atoms with Crippen molar-refractivity contribution in [1.29, 1.82) is 0 Å². The number of amides is 2. The fraction of sp³-hybridized carbons (Fsp3) is 0.923. The van der Waals surface area contributed by atoms with Crippen molar-refractivity contribution >= 4 is 6.03 Å². The molecular formula is C13H28N2O2. The van der Waals surface area contributed by atoms with E-state index in [1.165, 1.54) is 0 Å². The van der Waals surface area contributed by atoms with Crippen molar-refractivity contribution in [2.75, 3.05) is 6.54 Å². The number of rotatable bonds is 7. The van der Waals surface area contributed by atoms with Crippen LogP contribution in [0.25, 0.3) is 0 Å². The Morgan fingerprint density at radius 1 is 1.24 bits per heavy atom. The summed E-state index contributed by atoms with van der Waals surface area (Å²) in [5, 5.41) is 15.2. The van der Waals surface area contributed by atoms with Crippen LogP contribution in [-0.2, 0) is 0 Å². The first-order chi connectivity index (χ1) is 7.86. The van der Waals surface area contributed by atoms with Crippen molar-refractivity contribution in [3.63, 3.8) is 0 Å². The smallest absolute Gasteiger partial charge is 0.315 e. The lowest BCUT2D eigenvalue weighted by Crippen LogP contribution is -2.45. The molecule has 0 aromatic heterocycles. The first-order valence-corrected chi connectivity index (χ1v) is 6.59. The first kappa shape index (κ1) is 16.2. The molecule has 4 nitrogen and oxygen atoms in total. The number of nitrogens with one attached hydrogen (secondary N) is 2. The van der Waals surface area contributed by atoms with E-state index in [9.17, 15) is 9.90 Å². The molecule has 0 aliphatic heterocycles. The van der Waals surface area contributed by atoms with Crippen LogP contribution in [-0.4, -0.2) is 29.8 Å². The van der Waals surface area contributed by atoms with Crippen LogP contribution in [0.2, 0.25) is 0 Å². The summed E-state index contributed by atoms with van der Waals surface area (Å²) < 4.78 is 0. The third-order valence-corrected chi connectivity index (χ3v) is 3.10. The average molecular weight is 244 g/mol. The van der Waals surface area contributed by atoms with Crippen molar-refractivity contribution in [3.05, 3.63) is 0 Å². The minimum Gasteiger partial charge on any atom is -0.391 e. The molecule has 102 valence electrons. The molecule has 3 N–H and O–H groups in total. The van der Waals surface area contributed by atoms with Gasteiger partial charge >= 0.3 is 6.03 Å². The summed E-state index contributed by atoms with van der Waals surface area (Å²) in [4.78, 5) is 11.5. The van der Waals surface area contributed by atoms with E-state index in [1.54, 1.807) is 0 Å². The average Bonchev–Trinajstić information content (AvgIpc) is 2.24. The van der Waals surface area contributed by atoms with Gasteiger partial charge in [-0.1, -0.05) is 34.1 Å². The molecule has 0 aromatic rings. The Bertz CT molecular complexity index is 219. The number of urea groups is 1. The normalized spacial score (nSPS) is 16.4. The van der Waals surface area contributed by atoms with Gasteiger partial charge in [-0.2, -0.15) is 0 Å². The molecule has 0 aliphatic rings. The van der Waals surface area contributed by atoms with Crippen LogP contribution in [0.1, 0.15) is 47.5 Å². The molecule has 17 heavy (non-hydrogen) atoms. The Morgan fingerprint density at radius 2 is 1.82 bits per heavy atom. The molecule has 0 saturated heterocycles. The van der Waals surface area contributed by atoms with E-state index in [4.69, 9.17) is 0 Å². The molecule has 0 radical (unpaired) electrons. The second kappa shape index (κ2) is 8.34. The second-order valence-corrected chi connectivity index (χ2v) is 5.31. The van der Waals surface area contributed by atoms with Crippen LogP contribution < -0.4 is 10.6 Å². The van der Waals surface area contributed by atoms with E-state index in [-0.39, 0.29) is 12.1 Å². The highest BCUT2D eigenvalue weighted by molar-refractivity contribution is 5.74. The second-order valence-electron chi connectivity index (χ2n) is 5.31. The predicted molar refractivity (Wildman–Crippen MR) is 70.9 cm³/mol. The molecule has 0 aliphatic carbocycles. The fourth-order valence-electron chi connectivity index (χ4n) is 1.59. The SMILES string of the molecule is CCC(C)C(C)NC(=O)NCC(O)CC(C)C. The van der Waals surface area contributed by atoms with Gasteiger partial charge in [0.2, 0.25) is 0 Å². The van der Waals surface area contributed by atoms with Crippen LogP contribution in [0.5, 0.6) is 0 Å². The Morgan fingerprint density at radius 3 is 2.29 bits per heavy atom. The number of aliphatic hydroxyl groups excluding tert-OH is 1. The lowest BCUT2D eigenvalue weighted by molar-refractivity contribution is 0.146. The van der Waals surface area contributed by atoms with E-state index in [2.05, 4.69) is 24.5 Å². The highest BCUT2D eigenvalue weighted by Gasteiger charge is 2.14. The fourth-order valence-corrected chi connectivity index (χ4v) is 1.59. The quantitative estimate of drug-likeness (QED) is 0.642. The zero-order valence-corrected chi connectivity index (χ0v) is 11.8.